The lowest BCUT2D eigenvalue weighted by Crippen LogP contribution is -2.12. The van der Waals surface area contributed by atoms with Crippen molar-refractivity contribution in [3.05, 3.63) is 35.1 Å². The second-order valence-corrected chi connectivity index (χ2v) is 4.52. The van der Waals surface area contributed by atoms with Crippen molar-refractivity contribution in [2.75, 3.05) is 11.9 Å². The van der Waals surface area contributed by atoms with E-state index in [0.29, 0.717) is 23.1 Å². The zero-order valence-electron chi connectivity index (χ0n) is 10.3. The predicted octanol–water partition coefficient (Wildman–Crippen LogP) is 1.83. The van der Waals surface area contributed by atoms with Crippen LogP contribution >= 0.6 is 11.3 Å². The van der Waals surface area contributed by atoms with Gasteiger partial charge in [-0.1, -0.05) is 0 Å². The minimum Gasteiger partial charge on any atom is -0.466 e. The standard InChI is InChI=1S/C12H13N3O3S/c1-2-18-10(16)6-8-7-19-12(14-8)15-11(17)9-4-3-5-13-9/h3-5,7,13H,2,6H2,1H3,(H,14,15,17). The van der Waals surface area contributed by atoms with Crippen molar-refractivity contribution < 1.29 is 14.3 Å². The fourth-order valence-electron chi connectivity index (χ4n) is 1.44. The van der Waals surface area contributed by atoms with E-state index in [0.717, 1.165) is 0 Å². The highest BCUT2D eigenvalue weighted by molar-refractivity contribution is 7.14. The summed E-state index contributed by atoms with van der Waals surface area (Å²) < 4.78 is 4.83. The van der Waals surface area contributed by atoms with E-state index in [1.165, 1.54) is 11.3 Å². The lowest BCUT2D eigenvalue weighted by atomic mass is 10.3. The molecule has 100 valence electrons. The number of H-pyrrole nitrogens is 1. The molecule has 19 heavy (non-hydrogen) atoms. The number of hydrogen-bond acceptors (Lipinski definition) is 5. The highest BCUT2D eigenvalue weighted by Gasteiger charge is 2.11. The lowest BCUT2D eigenvalue weighted by Gasteiger charge is -1.99. The number of carbonyl (C=O) groups is 2. The zero-order chi connectivity index (χ0) is 13.7. The molecule has 0 bridgehead atoms. The molecule has 7 heteroatoms. The molecule has 0 aromatic carbocycles. The van der Waals surface area contributed by atoms with Crippen LogP contribution in [-0.2, 0) is 16.0 Å². The molecule has 2 aromatic heterocycles. The second kappa shape index (κ2) is 6.14. The average molecular weight is 279 g/mol. The Balaban J connectivity index is 1.94. The predicted molar refractivity (Wildman–Crippen MR) is 71.2 cm³/mol. The van der Waals surface area contributed by atoms with Crippen LogP contribution in [0.2, 0.25) is 0 Å². The first-order valence-electron chi connectivity index (χ1n) is 5.73. The molecule has 0 saturated carbocycles. The van der Waals surface area contributed by atoms with Gasteiger partial charge in [-0.2, -0.15) is 0 Å². The third-order valence-electron chi connectivity index (χ3n) is 2.25. The second-order valence-electron chi connectivity index (χ2n) is 3.66. The van der Waals surface area contributed by atoms with Crippen LogP contribution < -0.4 is 5.32 Å². The molecule has 0 spiro atoms. The topological polar surface area (TPSA) is 84.1 Å². The summed E-state index contributed by atoms with van der Waals surface area (Å²) in [5, 5.41) is 4.84. The summed E-state index contributed by atoms with van der Waals surface area (Å²) in [5.74, 6) is -0.586. The van der Waals surface area contributed by atoms with Crippen molar-refractivity contribution in [3.8, 4) is 0 Å². The molecule has 0 aliphatic carbocycles. The molecule has 2 rings (SSSR count). The Hall–Kier alpha value is -2.15. The van der Waals surface area contributed by atoms with Gasteiger partial charge in [-0.3, -0.25) is 14.9 Å². The van der Waals surface area contributed by atoms with Gasteiger partial charge in [0.25, 0.3) is 5.91 Å². The summed E-state index contributed by atoms with van der Waals surface area (Å²) in [6, 6.07) is 3.41. The van der Waals surface area contributed by atoms with Crippen molar-refractivity contribution >= 4 is 28.3 Å². The summed E-state index contributed by atoms with van der Waals surface area (Å²) >= 11 is 1.27. The number of amides is 1. The highest BCUT2D eigenvalue weighted by Crippen LogP contribution is 2.16. The van der Waals surface area contributed by atoms with Crippen molar-refractivity contribution in [1.82, 2.24) is 9.97 Å². The maximum absolute atomic E-state index is 11.7. The maximum Gasteiger partial charge on any atom is 0.311 e. The van der Waals surface area contributed by atoms with Crippen LogP contribution in [0.25, 0.3) is 0 Å². The molecule has 0 aliphatic heterocycles. The van der Waals surface area contributed by atoms with Gasteiger partial charge in [-0.25, -0.2) is 4.98 Å². The Morgan fingerprint density at radius 3 is 3.05 bits per heavy atom. The molecule has 6 nitrogen and oxygen atoms in total. The van der Waals surface area contributed by atoms with E-state index >= 15 is 0 Å². The number of aromatic amines is 1. The van der Waals surface area contributed by atoms with Crippen LogP contribution in [0.5, 0.6) is 0 Å². The van der Waals surface area contributed by atoms with Crippen molar-refractivity contribution in [1.29, 1.82) is 0 Å². The number of hydrogen-bond donors (Lipinski definition) is 2. The van der Waals surface area contributed by atoms with Crippen molar-refractivity contribution in [2.24, 2.45) is 0 Å². The Morgan fingerprint density at radius 1 is 1.53 bits per heavy atom. The fourth-order valence-corrected chi connectivity index (χ4v) is 2.15. The van der Waals surface area contributed by atoms with Gasteiger partial charge in [0.15, 0.2) is 5.13 Å². The molecule has 2 heterocycles. The first-order chi connectivity index (χ1) is 9.19. The fraction of sp³-hybridized carbons (Fsp3) is 0.250. The molecule has 1 amide bonds. The van der Waals surface area contributed by atoms with E-state index < -0.39 is 0 Å². The lowest BCUT2D eigenvalue weighted by molar-refractivity contribution is -0.142. The summed E-state index contributed by atoms with van der Waals surface area (Å²) in [6.07, 6.45) is 1.78. The third-order valence-corrected chi connectivity index (χ3v) is 3.05. The Morgan fingerprint density at radius 2 is 2.37 bits per heavy atom. The number of esters is 1. The molecule has 0 radical (unpaired) electrons. The first kappa shape index (κ1) is 13.3. The van der Waals surface area contributed by atoms with Gasteiger partial charge in [0, 0.05) is 11.6 Å². The van der Waals surface area contributed by atoms with Crippen LogP contribution in [0.4, 0.5) is 5.13 Å². The number of rotatable bonds is 5. The van der Waals surface area contributed by atoms with Gasteiger partial charge in [-0.05, 0) is 19.1 Å². The number of nitrogens with zero attached hydrogens (tertiary/aromatic N) is 1. The summed E-state index contributed by atoms with van der Waals surface area (Å²) in [7, 11) is 0. The molecular formula is C12H13N3O3S. The molecule has 0 atom stereocenters. The molecular weight excluding hydrogens is 266 g/mol. The monoisotopic (exact) mass is 279 g/mol. The Bertz CT molecular complexity index is 563. The van der Waals surface area contributed by atoms with E-state index in [1.807, 2.05) is 0 Å². The van der Waals surface area contributed by atoms with Gasteiger partial charge < -0.3 is 9.72 Å². The van der Waals surface area contributed by atoms with Gasteiger partial charge in [-0.15, -0.1) is 11.3 Å². The normalized spacial score (nSPS) is 10.2. The average Bonchev–Trinajstić information content (AvgIpc) is 3.00. The summed E-state index contributed by atoms with van der Waals surface area (Å²) in [4.78, 5) is 30.0. The van der Waals surface area contributed by atoms with Gasteiger partial charge in [0.05, 0.1) is 18.7 Å². The minimum absolute atomic E-state index is 0.114. The van der Waals surface area contributed by atoms with E-state index in [-0.39, 0.29) is 18.3 Å². The maximum atomic E-state index is 11.7. The molecule has 0 aliphatic rings. The SMILES string of the molecule is CCOC(=O)Cc1csc(NC(=O)c2ccc[nH]2)n1. The van der Waals surface area contributed by atoms with Crippen LogP contribution in [0.3, 0.4) is 0 Å². The van der Waals surface area contributed by atoms with E-state index in [4.69, 9.17) is 4.74 Å². The van der Waals surface area contributed by atoms with Crippen LogP contribution in [0, 0.1) is 0 Å². The number of aromatic nitrogens is 2. The number of ether oxygens (including phenoxy) is 1. The molecule has 0 saturated heterocycles. The minimum atomic E-state index is -0.324. The Kier molecular flexibility index (Phi) is 4.30. The van der Waals surface area contributed by atoms with Crippen LogP contribution in [0.15, 0.2) is 23.7 Å². The van der Waals surface area contributed by atoms with Crippen molar-refractivity contribution in [2.45, 2.75) is 13.3 Å². The largest absolute Gasteiger partial charge is 0.466 e. The molecule has 2 N–H and O–H groups in total. The van der Waals surface area contributed by atoms with E-state index in [2.05, 4.69) is 15.3 Å². The highest BCUT2D eigenvalue weighted by atomic mass is 32.1. The number of anilines is 1. The summed E-state index contributed by atoms with van der Waals surface area (Å²) in [6.45, 7) is 2.10. The third kappa shape index (κ3) is 3.65. The molecule has 0 fully saturated rings. The van der Waals surface area contributed by atoms with Crippen LogP contribution in [0.1, 0.15) is 23.1 Å². The van der Waals surface area contributed by atoms with Crippen LogP contribution in [-0.4, -0.2) is 28.5 Å². The van der Waals surface area contributed by atoms with Gasteiger partial charge in [0.2, 0.25) is 0 Å². The van der Waals surface area contributed by atoms with Gasteiger partial charge in [0.1, 0.15) is 5.69 Å². The smallest absolute Gasteiger partial charge is 0.311 e. The number of nitrogens with one attached hydrogen (secondary N) is 2. The van der Waals surface area contributed by atoms with Gasteiger partial charge >= 0.3 is 5.97 Å². The molecule has 0 unspecified atom stereocenters. The molecule has 2 aromatic rings. The first-order valence-corrected chi connectivity index (χ1v) is 6.61. The number of carbonyl (C=O) groups excluding carboxylic acids is 2. The zero-order valence-corrected chi connectivity index (χ0v) is 11.1. The van der Waals surface area contributed by atoms with E-state index in [1.54, 1.807) is 30.6 Å². The quantitative estimate of drug-likeness (QED) is 0.818. The van der Waals surface area contributed by atoms with Crippen molar-refractivity contribution in [3.63, 3.8) is 0 Å². The Labute approximate surface area is 113 Å². The number of thiazole rings is 1. The van der Waals surface area contributed by atoms with E-state index in [9.17, 15) is 9.59 Å². The summed E-state index contributed by atoms with van der Waals surface area (Å²) in [5.41, 5.74) is 1.05.